The number of para-hydroxylation sites is 2. The van der Waals surface area contributed by atoms with Crippen molar-refractivity contribution in [2.75, 3.05) is 13.7 Å². The lowest BCUT2D eigenvalue weighted by molar-refractivity contribution is -0.123. The highest BCUT2D eigenvalue weighted by atomic mass is 16.5. The third-order valence-corrected chi connectivity index (χ3v) is 3.18. The van der Waals surface area contributed by atoms with E-state index >= 15 is 0 Å². The van der Waals surface area contributed by atoms with Crippen LogP contribution >= 0.6 is 0 Å². The monoisotopic (exact) mass is 314 g/mol. The molecule has 23 heavy (non-hydrogen) atoms. The first-order valence-electron chi connectivity index (χ1n) is 7.02. The summed E-state index contributed by atoms with van der Waals surface area (Å²) in [5.41, 5.74) is 6.36. The van der Waals surface area contributed by atoms with Gasteiger partial charge in [-0.15, -0.1) is 0 Å². The number of ether oxygens (including phenoxy) is 2. The maximum absolute atomic E-state index is 11.9. The van der Waals surface area contributed by atoms with Gasteiger partial charge < -0.3 is 20.5 Å². The van der Waals surface area contributed by atoms with Gasteiger partial charge in [-0.05, 0) is 18.2 Å². The van der Waals surface area contributed by atoms with Gasteiger partial charge in [0.15, 0.2) is 6.61 Å². The Morgan fingerprint density at radius 2 is 1.70 bits per heavy atom. The Kier molecular flexibility index (Phi) is 5.57. The molecule has 0 aliphatic heterocycles. The van der Waals surface area contributed by atoms with E-state index in [1.807, 2.05) is 24.3 Å². The molecule has 0 heterocycles. The van der Waals surface area contributed by atoms with Crippen LogP contribution in [0.2, 0.25) is 0 Å². The summed E-state index contributed by atoms with van der Waals surface area (Å²) in [5.74, 6) is 0.0745. The topological polar surface area (TPSA) is 90.7 Å². The fraction of sp³-hybridized carbons (Fsp3) is 0.176. The minimum atomic E-state index is -0.602. The van der Waals surface area contributed by atoms with E-state index in [0.717, 1.165) is 5.56 Å². The van der Waals surface area contributed by atoms with Gasteiger partial charge in [-0.2, -0.15) is 0 Å². The van der Waals surface area contributed by atoms with E-state index in [1.165, 1.54) is 0 Å². The van der Waals surface area contributed by atoms with Gasteiger partial charge in [-0.1, -0.05) is 30.3 Å². The van der Waals surface area contributed by atoms with Crippen molar-refractivity contribution in [3.63, 3.8) is 0 Å². The second-order valence-electron chi connectivity index (χ2n) is 4.74. The summed E-state index contributed by atoms with van der Waals surface area (Å²) in [6, 6.07) is 13.9. The lowest BCUT2D eigenvalue weighted by Gasteiger charge is -2.11. The lowest BCUT2D eigenvalue weighted by atomic mass is 10.2. The molecule has 2 rings (SSSR count). The third kappa shape index (κ3) is 4.47. The molecule has 120 valence electrons. The average molecular weight is 314 g/mol. The molecule has 0 bridgehead atoms. The van der Waals surface area contributed by atoms with Gasteiger partial charge in [0.1, 0.15) is 11.5 Å². The van der Waals surface area contributed by atoms with Crippen LogP contribution in [0.15, 0.2) is 48.5 Å². The maximum Gasteiger partial charge on any atom is 0.258 e. The molecule has 2 aromatic rings. The number of amides is 2. The molecule has 0 aromatic heterocycles. The molecular formula is C17H18N2O4. The van der Waals surface area contributed by atoms with E-state index in [0.29, 0.717) is 12.3 Å². The number of carbonyl (C=O) groups excluding carboxylic acids is 2. The van der Waals surface area contributed by atoms with Gasteiger partial charge >= 0.3 is 0 Å². The fourth-order valence-corrected chi connectivity index (χ4v) is 2.03. The van der Waals surface area contributed by atoms with E-state index < -0.39 is 5.91 Å². The molecular weight excluding hydrogens is 296 g/mol. The van der Waals surface area contributed by atoms with Crippen LogP contribution in [0.5, 0.6) is 11.5 Å². The molecule has 0 aliphatic rings. The number of nitrogens with one attached hydrogen (secondary N) is 1. The van der Waals surface area contributed by atoms with Crippen LogP contribution in [0, 0.1) is 0 Å². The first-order chi connectivity index (χ1) is 11.1. The summed E-state index contributed by atoms with van der Waals surface area (Å²) >= 11 is 0. The summed E-state index contributed by atoms with van der Waals surface area (Å²) in [4.78, 5) is 23.2. The molecule has 0 atom stereocenters. The summed E-state index contributed by atoms with van der Waals surface area (Å²) in [6.45, 7) is 0.114. The first-order valence-corrected chi connectivity index (χ1v) is 7.02. The van der Waals surface area contributed by atoms with Gasteiger partial charge in [-0.25, -0.2) is 0 Å². The van der Waals surface area contributed by atoms with Gasteiger partial charge in [0.2, 0.25) is 0 Å². The predicted molar refractivity (Wildman–Crippen MR) is 85.3 cm³/mol. The fourth-order valence-electron chi connectivity index (χ4n) is 2.03. The van der Waals surface area contributed by atoms with Crippen LogP contribution in [0.3, 0.4) is 0 Å². The summed E-state index contributed by atoms with van der Waals surface area (Å²) < 4.78 is 10.6. The smallest absolute Gasteiger partial charge is 0.258 e. The van der Waals surface area contributed by atoms with Gasteiger partial charge in [0, 0.05) is 12.1 Å². The van der Waals surface area contributed by atoms with Crippen LogP contribution in [-0.2, 0) is 11.3 Å². The van der Waals surface area contributed by atoms with Crippen LogP contribution in [-0.4, -0.2) is 25.5 Å². The number of hydrogen-bond acceptors (Lipinski definition) is 4. The average Bonchev–Trinajstić information content (AvgIpc) is 2.58. The normalized spacial score (nSPS) is 9.96. The van der Waals surface area contributed by atoms with Gasteiger partial charge in [0.25, 0.3) is 11.8 Å². The molecule has 0 saturated heterocycles. The Morgan fingerprint density at radius 1 is 1.04 bits per heavy atom. The van der Waals surface area contributed by atoms with Crippen molar-refractivity contribution in [1.82, 2.24) is 5.32 Å². The Labute approximate surface area is 134 Å². The molecule has 6 heteroatoms. The van der Waals surface area contributed by atoms with E-state index in [4.69, 9.17) is 15.2 Å². The second-order valence-corrected chi connectivity index (χ2v) is 4.74. The van der Waals surface area contributed by atoms with E-state index in [-0.39, 0.29) is 23.8 Å². The molecule has 2 aromatic carbocycles. The number of hydrogen-bond donors (Lipinski definition) is 2. The maximum atomic E-state index is 11.9. The van der Waals surface area contributed by atoms with Gasteiger partial charge in [0.05, 0.1) is 12.7 Å². The minimum absolute atomic E-state index is 0.209. The zero-order chi connectivity index (χ0) is 16.7. The van der Waals surface area contributed by atoms with Crippen LogP contribution in [0.4, 0.5) is 0 Å². The van der Waals surface area contributed by atoms with Crippen LogP contribution < -0.4 is 20.5 Å². The molecule has 0 radical (unpaired) electrons. The number of methoxy groups -OCH3 is 1. The van der Waals surface area contributed by atoms with Crippen molar-refractivity contribution in [1.29, 1.82) is 0 Å². The SMILES string of the molecule is COc1ccccc1CNC(=O)COc1ccccc1C(N)=O. The van der Waals surface area contributed by atoms with Gasteiger partial charge in [-0.3, -0.25) is 9.59 Å². The number of primary amides is 1. The highest BCUT2D eigenvalue weighted by Gasteiger charge is 2.10. The summed E-state index contributed by atoms with van der Waals surface area (Å²) in [5, 5.41) is 2.73. The van der Waals surface area contributed by atoms with Crippen molar-refractivity contribution in [2.45, 2.75) is 6.54 Å². The molecule has 0 spiro atoms. The van der Waals surface area contributed by atoms with Crippen molar-refractivity contribution in [3.05, 3.63) is 59.7 Å². The minimum Gasteiger partial charge on any atom is -0.496 e. The number of benzene rings is 2. The molecule has 0 aliphatic carbocycles. The molecule has 0 saturated carbocycles. The molecule has 3 N–H and O–H groups in total. The first kappa shape index (κ1) is 16.4. The summed E-state index contributed by atoms with van der Waals surface area (Å²) in [7, 11) is 1.57. The Morgan fingerprint density at radius 3 is 2.39 bits per heavy atom. The second kappa shape index (κ2) is 7.84. The predicted octanol–water partition coefficient (Wildman–Crippen LogP) is 1.49. The third-order valence-electron chi connectivity index (χ3n) is 3.18. The number of carbonyl (C=O) groups is 2. The Bertz CT molecular complexity index is 700. The van der Waals surface area contributed by atoms with Crippen molar-refractivity contribution < 1.29 is 19.1 Å². The van der Waals surface area contributed by atoms with Crippen molar-refractivity contribution in [2.24, 2.45) is 5.73 Å². The highest BCUT2D eigenvalue weighted by Crippen LogP contribution is 2.18. The highest BCUT2D eigenvalue weighted by molar-refractivity contribution is 5.95. The number of nitrogens with two attached hydrogens (primary N) is 1. The number of rotatable bonds is 7. The molecule has 0 unspecified atom stereocenters. The lowest BCUT2D eigenvalue weighted by Crippen LogP contribution is -2.29. The van der Waals surface area contributed by atoms with Crippen molar-refractivity contribution >= 4 is 11.8 Å². The zero-order valence-corrected chi connectivity index (χ0v) is 12.7. The Balaban J connectivity index is 1.90. The van der Waals surface area contributed by atoms with Crippen LogP contribution in [0.1, 0.15) is 15.9 Å². The molecule has 2 amide bonds. The molecule has 0 fully saturated rings. The van der Waals surface area contributed by atoms with E-state index in [9.17, 15) is 9.59 Å². The Hall–Kier alpha value is -3.02. The quantitative estimate of drug-likeness (QED) is 0.810. The van der Waals surface area contributed by atoms with Crippen molar-refractivity contribution in [3.8, 4) is 11.5 Å². The van der Waals surface area contributed by atoms with E-state index in [2.05, 4.69) is 5.32 Å². The summed E-state index contributed by atoms with van der Waals surface area (Å²) in [6.07, 6.45) is 0. The van der Waals surface area contributed by atoms with Crippen LogP contribution in [0.25, 0.3) is 0 Å². The largest absolute Gasteiger partial charge is 0.496 e. The standard InChI is InChI=1S/C17H18N2O4/c1-22-14-8-4-2-6-12(14)10-19-16(20)11-23-15-9-5-3-7-13(15)17(18)21/h2-9H,10-11H2,1H3,(H2,18,21)(H,19,20). The molecule has 6 nitrogen and oxygen atoms in total. The zero-order valence-electron chi connectivity index (χ0n) is 12.7. The van der Waals surface area contributed by atoms with E-state index in [1.54, 1.807) is 31.4 Å².